The van der Waals surface area contributed by atoms with E-state index in [9.17, 15) is 9.59 Å². The molecule has 0 bridgehead atoms. The van der Waals surface area contributed by atoms with Crippen molar-refractivity contribution in [1.82, 2.24) is 10.3 Å². The van der Waals surface area contributed by atoms with E-state index in [1.165, 1.54) is 6.20 Å². The van der Waals surface area contributed by atoms with Crippen molar-refractivity contribution in [2.45, 2.75) is 19.4 Å². The molecule has 1 aromatic heterocycles. The molecule has 6 heteroatoms. The minimum atomic E-state index is -0.890. The number of hydrogen-bond acceptors (Lipinski definition) is 4. The topological polar surface area (TPSA) is 109 Å². The van der Waals surface area contributed by atoms with Gasteiger partial charge in [-0.1, -0.05) is 25.1 Å². The molecule has 0 saturated heterocycles. The van der Waals surface area contributed by atoms with Crippen molar-refractivity contribution in [3.05, 3.63) is 42.1 Å². The lowest BCUT2D eigenvalue weighted by molar-refractivity contribution is -0.120. The van der Waals surface area contributed by atoms with Crippen molar-refractivity contribution in [3.63, 3.8) is 0 Å². The number of carbonyl (C=O) groups is 2. The van der Waals surface area contributed by atoms with Crippen molar-refractivity contribution < 1.29 is 9.59 Å². The lowest BCUT2D eigenvalue weighted by Gasteiger charge is -2.20. The van der Waals surface area contributed by atoms with Gasteiger partial charge in [0.15, 0.2) is 0 Å². The third-order valence-electron chi connectivity index (χ3n) is 3.47. The highest BCUT2D eigenvalue weighted by Gasteiger charge is 2.25. The predicted molar refractivity (Wildman–Crippen MR) is 81.6 cm³/mol. The van der Waals surface area contributed by atoms with Gasteiger partial charge in [0.2, 0.25) is 5.91 Å². The SMILES string of the molecule is C[C@H](CC#N)[C@@H](NC(=O)c1ccnc2ccccc12)C(N)=O. The van der Waals surface area contributed by atoms with Crippen molar-refractivity contribution in [3.8, 4) is 6.07 Å². The number of nitrogens with zero attached hydrogens (tertiary/aromatic N) is 2. The second-order valence-electron chi connectivity index (χ2n) is 5.07. The Balaban J connectivity index is 2.30. The zero-order chi connectivity index (χ0) is 16.1. The molecule has 22 heavy (non-hydrogen) atoms. The van der Waals surface area contributed by atoms with Crippen LogP contribution in [0.4, 0.5) is 0 Å². The molecule has 2 amide bonds. The Morgan fingerprint density at radius 3 is 2.77 bits per heavy atom. The lowest BCUT2D eigenvalue weighted by atomic mass is 9.97. The Bertz CT molecular complexity index is 746. The third kappa shape index (κ3) is 3.20. The molecule has 2 rings (SSSR count). The maximum absolute atomic E-state index is 12.5. The number of para-hydroxylation sites is 1. The van der Waals surface area contributed by atoms with Crippen molar-refractivity contribution in [2.75, 3.05) is 0 Å². The van der Waals surface area contributed by atoms with E-state index in [0.717, 1.165) is 0 Å². The van der Waals surface area contributed by atoms with Gasteiger partial charge in [0.25, 0.3) is 5.91 Å². The summed E-state index contributed by atoms with van der Waals surface area (Å²) >= 11 is 0. The molecule has 112 valence electrons. The van der Waals surface area contributed by atoms with Crippen LogP contribution in [0.1, 0.15) is 23.7 Å². The first kappa shape index (κ1) is 15.4. The van der Waals surface area contributed by atoms with E-state index in [4.69, 9.17) is 11.0 Å². The number of aromatic nitrogens is 1. The summed E-state index contributed by atoms with van der Waals surface area (Å²) in [6.45, 7) is 1.70. The fourth-order valence-corrected chi connectivity index (χ4v) is 2.27. The zero-order valence-corrected chi connectivity index (χ0v) is 12.1. The zero-order valence-electron chi connectivity index (χ0n) is 12.1. The van der Waals surface area contributed by atoms with Crippen LogP contribution in [-0.4, -0.2) is 22.8 Å². The molecule has 2 atom stereocenters. The number of nitrogens with one attached hydrogen (secondary N) is 1. The van der Waals surface area contributed by atoms with Crippen molar-refractivity contribution in [1.29, 1.82) is 5.26 Å². The Morgan fingerprint density at radius 2 is 2.09 bits per heavy atom. The largest absolute Gasteiger partial charge is 0.368 e. The Labute approximate surface area is 127 Å². The van der Waals surface area contributed by atoms with Crippen LogP contribution >= 0.6 is 0 Å². The van der Waals surface area contributed by atoms with Gasteiger partial charge in [-0.25, -0.2) is 0 Å². The summed E-state index contributed by atoms with van der Waals surface area (Å²) in [4.78, 5) is 28.2. The van der Waals surface area contributed by atoms with Gasteiger partial charge in [-0.2, -0.15) is 5.26 Å². The number of pyridine rings is 1. The smallest absolute Gasteiger partial charge is 0.252 e. The van der Waals surface area contributed by atoms with Crippen LogP contribution in [0.15, 0.2) is 36.5 Å². The van der Waals surface area contributed by atoms with Crippen molar-refractivity contribution >= 4 is 22.7 Å². The maximum Gasteiger partial charge on any atom is 0.252 e. The highest BCUT2D eigenvalue weighted by Crippen LogP contribution is 2.17. The number of carbonyl (C=O) groups excluding carboxylic acids is 2. The standard InChI is InChI=1S/C16H16N4O2/c1-10(6-8-17)14(15(18)21)20-16(22)12-7-9-19-13-5-3-2-4-11(12)13/h2-5,7,9-10,14H,6H2,1H3,(H2,18,21)(H,20,22)/t10-,14-/m1/s1. The molecule has 0 aliphatic carbocycles. The van der Waals surface area contributed by atoms with Crippen LogP contribution in [0.2, 0.25) is 0 Å². The number of fused-ring (bicyclic) bond motifs is 1. The second-order valence-corrected chi connectivity index (χ2v) is 5.07. The Kier molecular flexibility index (Phi) is 4.69. The van der Waals surface area contributed by atoms with Gasteiger partial charge in [0.1, 0.15) is 6.04 Å². The monoisotopic (exact) mass is 296 g/mol. The molecule has 0 aliphatic heterocycles. The first-order valence-electron chi connectivity index (χ1n) is 6.85. The number of amides is 2. The van der Waals surface area contributed by atoms with E-state index >= 15 is 0 Å². The third-order valence-corrected chi connectivity index (χ3v) is 3.47. The summed E-state index contributed by atoms with van der Waals surface area (Å²) in [5.41, 5.74) is 6.44. The number of hydrogen-bond donors (Lipinski definition) is 2. The minimum Gasteiger partial charge on any atom is -0.368 e. The van der Waals surface area contributed by atoms with E-state index < -0.39 is 17.9 Å². The quantitative estimate of drug-likeness (QED) is 0.868. The molecule has 0 spiro atoms. The maximum atomic E-state index is 12.5. The Morgan fingerprint density at radius 1 is 1.36 bits per heavy atom. The fourth-order valence-electron chi connectivity index (χ4n) is 2.27. The van der Waals surface area contributed by atoms with Gasteiger partial charge >= 0.3 is 0 Å². The molecule has 1 aromatic carbocycles. The fraction of sp³-hybridized carbons (Fsp3) is 0.250. The van der Waals surface area contributed by atoms with Gasteiger partial charge in [0, 0.05) is 18.0 Å². The molecule has 0 radical (unpaired) electrons. The molecular formula is C16H16N4O2. The van der Waals surface area contributed by atoms with E-state index in [-0.39, 0.29) is 12.3 Å². The first-order valence-corrected chi connectivity index (χ1v) is 6.85. The van der Waals surface area contributed by atoms with Crippen LogP contribution in [0, 0.1) is 17.2 Å². The summed E-state index contributed by atoms with van der Waals surface area (Å²) < 4.78 is 0. The van der Waals surface area contributed by atoms with E-state index in [2.05, 4.69) is 10.3 Å². The van der Waals surface area contributed by atoms with Gasteiger partial charge in [0.05, 0.1) is 17.1 Å². The number of benzene rings is 1. The van der Waals surface area contributed by atoms with Gasteiger partial charge in [-0.15, -0.1) is 0 Å². The van der Waals surface area contributed by atoms with Crippen LogP contribution in [0.25, 0.3) is 10.9 Å². The predicted octanol–water partition coefficient (Wildman–Crippen LogP) is 1.37. The second kappa shape index (κ2) is 6.68. The van der Waals surface area contributed by atoms with E-state index in [1.807, 2.05) is 18.2 Å². The van der Waals surface area contributed by atoms with Crippen LogP contribution in [0.5, 0.6) is 0 Å². The molecule has 0 fully saturated rings. The van der Waals surface area contributed by atoms with Gasteiger partial charge < -0.3 is 11.1 Å². The average Bonchev–Trinajstić information content (AvgIpc) is 2.51. The molecule has 3 N–H and O–H groups in total. The summed E-state index contributed by atoms with van der Waals surface area (Å²) in [6.07, 6.45) is 1.67. The summed E-state index contributed by atoms with van der Waals surface area (Å²) in [7, 11) is 0. The number of nitrogens with two attached hydrogens (primary N) is 1. The molecule has 2 aromatic rings. The molecule has 6 nitrogen and oxygen atoms in total. The molecule has 1 heterocycles. The van der Waals surface area contributed by atoms with Crippen LogP contribution in [-0.2, 0) is 4.79 Å². The van der Waals surface area contributed by atoms with Crippen molar-refractivity contribution in [2.24, 2.45) is 11.7 Å². The average molecular weight is 296 g/mol. The normalized spacial score (nSPS) is 13.1. The number of nitriles is 1. The molecular weight excluding hydrogens is 280 g/mol. The number of primary amides is 1. The summed E-state index contributed by atoms with van der Waals surface area (Å²) in [6, 6.07) is 9.90. The minimum absolute atomic E-state index is 0.130. The van der Waals surface area contributed by atoms with E-state index in [1.54, 1.807) is 25.1 Å². The molecule has 0 unspecified atom stereocenters. The lowest BCUT2D eigenvalue weighted by Crippen LogP contribution is -2.48. The van der Waals surface area contributed by atoms with Gasteiger partial charge in [-0.05, 0) is 18.1 Å². The number of rotatable bonds is 5. The summed E-state index contributed by atoms with van der Waals surface area (Å²) in [5.74, 6) is -1.43. The van der Waals surface area contributed by atoms with Gasteiger partial charge in [-0.3, -0.25) is 14.6 Å². The highest BCUT2D eigenvalue weighted by molar-refractivity contribution is 6.07. The molecule has 0 saturated carbocycles. The highest BCUT2D eigenvalue weighted by atomic mass is 16.2. The Hall–Kier alpha value is -2.94. The first-order chi connectivity index (χ1) is 10.5. The molecule has 0 aliphatic rings. The van der Waals surface area contributed by atoms with E-state index in [0.29, 0.717) is 16.5 Å². The van der Waals surface area contributed by atoms with Crippen LogP contribution < -0.4 is 11.1 Å². The van der Waals surface area contributed by atoms with Crippen LogP contribution in [0.3, 0.4) is 0 Å². The summed E-state index contributed by atoms with van der Waals surface area (Å²) in [5, 5.41) is 12.0.